The highest BCUT2D eigenvalue weighted by molar-refractivity contribution is 5.91. The van der Waals surface area contributed by atoms with Gasteiger partial charge in [-0.2, -0.15) is 15.4 Å². The van der Waals surface area contributed by atoms with Crippen molar-refractivity contribution in [2.24, 2.45) is 5.92 Å². The van der Waals surface area contributed by atoms with Crippen molar-refractivity contribution in [2.75, 3.05) is 18.4 Å². The number of amides is 1. The Balaban J connectivity index is 1.56. The van der Waals surface area contributed by atoms with Crippen molar-refractivity contribution in [3.8, 4) is 0 Å². The third-order valence-corrected chi connectivity index (χ3v) is 3.64. The van der Waals surface area contributed by atoms with E-state index in [0.717, 1.165) is 38.2 Å². The number of likely N-dealkylation sites (tertiary alicyclic amines) is 1. The molecule has 1 unspecified atom stereocenters. The van der Waals surface area contributed by atoms with E-state index in [0.29, 0.717) is 5.82 Å². The maximum absolute atomic E-state index is 12.3. The first-order valence-corrected chi connectivity index (χ1v) is 7.10. The van der Waals surface area contributed by atoms with Crippen LogP contribution in [0.5, 0.6) is 0 Å². The molecule has 0 aliphatic carbocycles. The van der Waals surface area contributed by atoms with Crippen molar-refractivity contribution in [3.05, 3.63) is 36.3 Å². The van der Waals surface area contributed by atoms with Crippen molar-refractivity contribution in [2.45, 2.75) is 19.4 Å². The number of H-pyrrole nitrogens is 1. The molecule has 3 heterocycles. The van der Waals surface area contributed by atoms with Crippen LogP contribution in [0.2, 0.25) is 0 Å². The standard InChI is InChI=1S/C14H18N6O/c21-14(17-13-5-1-2-6-15-13)11-4-3-7-20(9-11)10-12-8-16-19-18-12/h1-2,5-6,8,11H,3-4,7,9-10H2,(H,15,17,21)(H,16,18,19). The molecule has 2 aromatic heterocycles. The summed E-state index contributed by atoms with van der Waals surface area (Å²) in [5.74, 6) is 0.641. The Kier molecular flexibility index (Phi) is 4.20. The molecular formula is C14H18N6O. The summed E-state index contributed by atoms with van der Waals surface area (Å²) in [4.78, 5) is 18.7. The lowest BCUT2D eigenvalue weighted by atomic mass is 9.97. The monoisotopic (exact) mass is 286 g/mol. The average Bonchev–Trinajstić information content (AvgIpc) is 3.01. The average molecular weight is 286 g/mol. The number of anilines is 1. The van der Waals surface area contributed by atoms with Gasteiger partial charge in [0.05, 0.1) is 17.8 Å². The Labute approximate surface area is 122 Å². The van der Waals surface area contributed by atoms with E-state index in [9.17, 15) is 4.79 Å². The number of hydrogen-bond donors (Lipinski definition) is 2. The van der Waals surface area contributed by atoms with Crippen LogP contribution in [0, 0.1) is 5.92 Å². The predicted octanol–water partition coefficient (Wildman–Crippen LogP) is 1.05. The molecule has 1 atom stereocenters. The van der Waals surface area contributed by atoms with Gasteiger partial charge in [-0.25, -0.2) is 4.98 Å². The molecule has 110 valence electrons. The van der Waals surface area contributed by atoms with E-state index in [2.05, 4.69) is 30.6 Å². The van der Waals surface area contributed by atoms with E-state index >= 15 is 0 Å². The number of pyridine rings is 1. The van der Waals surface area contributed by atoms with Crippen LogP contribution in [0.1, 0.15) is 18.5 Å². The fraction of sp³-hybridized carbons (Fsp3) is 0.429. The van der Waals surface area contributed by atoms with Gasteiger partial charge in [0.1, 0.15) is 5.82 Å². The molecule has 21 heavy (non-hydrogen) atoms. The lowest BCUT2D eigenvalue weighted by Crippen LogP contribution is -2.40. The molecule has 0 aromatic carbocycles. The molecule has 1 amide bonds. The second-order valence-corrected chi connectivity index (χ2v) is 5.24. The summed E-state index contributed by atoms with van der Waals surface area (Å²) in [7, 11) is 0. The Morgan fingerprint density at radius 1 is 1.48 bits per heavy atom. The SMILES string of the molecule is O=C(Nc1ccccn1)C1CCCN(Cc2cn[nH]n2)C1. The highest BCUT2D eigenvalue weighted by Gasteiger charge is 2.26. The second-order valence-electron chi connectivity index (χ2n) is 5.24. The predicted molar refractivity (Wildman–Crippen MR) is 77.3 cm³/mol. The number of aromatic amines is 1. The van der Waals surface area contributed by atoms with Crippen LogP contribution in [-0.2, 0) is 11.3 Å². The Bertz CT molecular complexity index is 570. The largest absolute Gasteiger partial charge is 0.310 e. The zero-order valence-electron chi connectivity index (χ0n) is 11.7. The Hall–Kier alpha value is -2.28. The van der Waals surface area contributed by atoms with Crippen LogP contribution in [0.25, 0.3) is 0 Å². The van der Waals surface area contributed by atoms with Gasteiger partial charge in [0, 0.05) is 19.3 Å². The van der Waals surface area contributed by atoms with Crippen LogP contribution < -0.4 is 5.32 Å². The first-order valence-electron chi connectivity index (χ1n) is 7.10. The fourth-order valence-electron chi connectivity index (χ4n) is 2.61. The second kappa shape index (κ2) is 6.45. The number of aromatic nitrogens is 4. The summed E-state index contributed by atoms with van der Waals surface area (Å²) in [5.41, 5.74) is 0.904. The van der Waals surface area contributed by atoms with E-state index in [4.69, 9.17) is 0 Å². The van der Waals surface area contributed by atoms with Crippen LogP contribution >= 0.6 is 0 Å². The van der Waals surface area contributed by atoms with Crippen LogP contribution in [0.4, 0.5) is 5.82 Å². The quantitative estimate of drug-likeness (QED) is 0.877. The van der Waals surface area contributed by atoms with E-state index < -0.39 is 0 Å². The fourth-order valence-corrected chi connectivity index (χ4v) is 2.61. The van der Waals surface area contributed by atoms with Crippen molar-refractivity contribution in [1.29, 1.82) is 0 Å². The lowest BCUT2D eigenvalue weighted by molar-refractivity contribution is -0.121. The van der Waals surface area contributed by atoms with Gasteiger partial charge in [0.15, 0.2) is 0 Å². The molecule has 2 aromatic rings. The van der Waals surface area contributed by atoms with Gasteiger partial charge in [-0.1, -0.05) is 6.07 Å². The summed E-state index contributed by atoms with van der Waals surface area (Å²) in [6, 6.07) is 5.49. The van der Waals surface area contributed by atoms with Gasteiger partial charge in [0.2, 0.25) is 5.91 Å². The molecule has 3 rings (SSSR count). The number of carbonyl (C=O) groups is 1. The smallest absolute Gasteiger partial charge is 0.229 e. The molecule has 0 saturated carbocycles. The van der Waals surface area contributed by atoms with Crippen molar-refractivity contribution in [3.63, 3.8) is 0 Å². The van der Waals surface area contributed by atoms with Gasteiger partial charge >= 0.3 is 0 Å². The summed E-state index contributed by atoms with van der Waals surface area (Å²) < 4.78 is 0. The Morgan fingerprint density at radius 2 is 2.43 bits per heavy atom. The third kappa shape index (κ3) is 3.63. The highest BCUT2D eigenvalue weighted by atomic mass is 16.2. The van der Waals surface area contributed by atoms with Crippen molar-refractivity contribution in [1.82, 2.24) is 25.3 Å². The minimum Gasteiger partial charge on any atom is -0.310 e. The molecule has 7 heteroatoms. The van der Waals surface area contributed by atoms with Gasteiger partial charge in [-0.05, 0) is 31.5 Å². The first-order chi connectivity index (χ1) is 10.3. The summed E-state index contributed by atoms with van der Waals surface area (Å²) in [6.07, 6.45) is 5.32. The van der Waals surface area contributed by atoms with Gasteiger partial charge in [-0.15, -0.1) is 0 Å². The van der Waals surface area contributed by atoms with Crippen LogP contribution in [-0.4, -0.2) is 44.3 Å². The molecule has 0 spiro atoms. The summed E-state index contributed by atoms with van der Waals surface area (Å²) >= 11 is 0. The number of nitrogens with zero attached hydrogens (tertiary/aromatic N) is 4. The summed E-state index contributed by atoms with van der Waals surface area (Å²) in [5, 5.41) is 13.4. The molecule has 7 nitrogen and oxygen atoms in total. The Morgan fingerprint density at radius 3 is 3.19 bits per heavy atom. The van der Waals surface area contributed by atoms with E-state index in [-0.39, 0.29) is 11.8 Å². The van der Waals surface area contributed by atoms with E-state index in [1.165, 1.54) is 0 Å². The highest BCUT2D eigenvalue weighted by Crippen LogP contribution is 2.19. The van der Waals surface area contributed by atoms with E-state index in [1.807, 2.05) is 12.1 Å². The maximum Gasteiger partial charge on any atom is 0.229 e. The number of rotatable bonds is 4. The minimum atomic E-state index is -0.00680. The molecule has 2 N–H and O–H groups in total. The van der Waals surface area contributed by atoms with Gasteiger partial charge in [0.25, 0.3) is 0 Å². The van der Waals surface area contributed by atoms with Crippen molar-refractivity contribution >= 4 is 11.7 Å². The topological polar surface area (TPSA) is 86.8 Å². The number of nitrogens with one attached hydrogen (secondary N) is 2. The molecule has 0 bridgehead atoms. The summed E-state index contributed by atoms with van der Waals surface area (Å²) in [6.45, 7) is 2.45. The van der Waals surface area contributed by atoms with E-state index in [1.54, 1.807) is 18.5 Å². The molecule has 1 aliphatic heterocycles. The number of hydrogen-bond acceptors (Lipinski definition) is 5. The molecule has 1 aliphatic rings. The van der Waals surface area contributed by atoms with Crippen LogP contribution in [0.15, 0.2) is 30.6 Å². The molecule has 1 fully saturated rings. The lowest BCUT2D eigenvalue weighted by Gasteiger charge is -2.31. The zero-order valence-corrected chi connectivity index (χ0v) is 11.7. The maximum atomic E-state index is 12.3. The number of carbonyl (C=O) groups excluding carboxylic acids is 1. The van der Waals surface area contributed by atoms with Crippen molar-refractivity contribution < 1.29 is 4.79 Å². The molecular weight excluding hydrogens is 268 g/mol. The number of piperidine rings is 1. The first kappa shape index (κ1) is 13.7. The zero-order chi connectivity index (χ0) is 14.5. The van der Waals surface area contributed by atoms with Gasteiger partial charge in [-0.3, -0.25) is 9.69 Å². The molecule has 0 radical (unpaired) electrons. The third-order valence-electron chi connectivity index (χ3n) is 3.64. The normalized spacial score (nSPS) is 19.3. The minimum absolute atomic E-state index is 0.00680. The molecule has 1 saturated heterocycles. The van der Waals surface area contributed by atoms with Crippen LogP contribution in [0.3, 0.4) is 0 Å². The van der Waals surface area contributed by atoms with Gasteiger partial charge < -0.3 is 5.32 Å².